The number of benzene rings is 12. The molecule has 31 nitrogen and oxygen atoms in total. The fraction of sp³-hybridized carbons (Fsp3) is 0.277. The zero-order valence-electron chi connectivity index (χ0n) is 83.3. The molecule has 31 heteroatoms. The van der Waals surface area contributed by atoms with E-state index in [2.05, 4.69) is 182 Å². The minimum absolute atomic E-state index is 0.0195. The second kappa shape index (κ2) is 43.2. The molecule has 0 bridgehead atoms. The highest BCUT2D eigenvalue weighted by Gasteiger charge is 2.37. The Morgan fingerprint density at radius 2 is 0.673 bits per heavy atom. The maximum Gasteiger partial charge on any atom is 0.373 e. The van der Waals surface area contributed by atoms with Gasteiger partial charge in [0, 0.05) is 225 Å². The molecular weight excluding hydrogens is 1910 g/mol. The van der Waals surface area contributed by atoms with E-state index in [4.69, 9.17) is 51.3 Å². The number of carbonyl (C=O) groups is 7. The molecule has 0 aromatic heterocycles. The highest BCUT2D eigenvalue weighted by Crippen LogP contribution is 2.49. The minimum atomic E-state index is -1.42. The lowest BCUT2D eigenvalue weighted by Crippen LogP contribution is -2.47. The predicted octanol–water partition coefficient (Wildman–Crippen LogP) is 11.5. The minimum Gasteiger partial charge on any atom is -0.545 e. The number of imide groups is 1. The summed E-state index contributed by atoms with van der Waals surface area (Å²) in [4.78, 5) is 149. The molecule has 0 spiro atoms. The van der Waals surface area contributed by atoms with Crippen molar-refractivity contribution in [3.05, 3.63) is 285 Å². The quantitative estimate of drug-likeness (QED) is 0.0522. The molecule has 17 aliphatic rings. The van der Waals surface area contributed by atoms with Crippen molar-refractivity contribution < 1.29 is 105 Å². The predicted molar refractivity (Wildman–Crippen MR) is 550 cm³/mol. The second-order valence-electron chi connectivity index (χ2n) is 39.8. The number of hydrogen-bond acceptors (Lipinski definition) is 26. The van der Waals surface area contributed by atoms with Crippen LogP contribution < -0.4 is 79.8 Å². The van der Waals surface area contributed by atoms with Gasteiger partial charge in [-0.25, -0.2) is 23.1 Å². The summed E-state index contributed by atoms with van der Waals surface area (Å²) >= 11 is 0. The van der Waals surface area contributed by atoms with Gasteiger partial charge in [-0.05, 0) is 156 Å². The Hall–Kier alpha value is -17.7. The molecule has 25 rings (SSSR count). The van der Waals surface area contributed by atoms with Crippen molar-refractivity contribution in [2.75, 3.05) is 124 Å². The number of hydrogen-bond donors (Lipinski definition) is 0. The molecule has 4 aliphatic carbocycles. The Balaban J connectivity index is 0.000000123. The van der Waals surface area contributed by atoms with Crippen LogP contribution >= 0.6 is 0 Å². The first-order chi connectivity index (χ1) is 72.6. The Morgan fingerprint density at radius 3 is 0.980 bits per heavy atom. The van der Waals surface area contributed by atoms with Crippen LogP contribution in [0.15, 0.2) is 248 Å². The smallest absolute Gasteiger partial charge is 0.373 e. The van der Waals surface area contributed by atoms with Crippen LogP contribution in [0, 0.1) is 11.8 Å². The second-order valence-corrected chi connectivity index (χ2v) is 39.8. The average Bonchev–Trinajstić information content (AvgIpc) is 0.900. The number of hydroxylamine groups is 2. The molecule has 2 amide bonds. The first-order valence-corrected chi connectivity index (χ1v) is 50.4. The number of fused-ring (bicyclic) bond motifs is 8. The van der Waals surface area contributed by atoms with E-state index in [0.29, 0.717) is 55.5 Å². The standard InChI is InChI=1S/C31H25N3O7.C30H30N2O3.C29H28N2O3.C26H22N2O3.3CO2/c35-27-9-10-28(36)34(27)41-31(39)18-3-6-21(30(37)38)24(15-18)29-22-7-4-19(32-11-1-12-32)16-25(22)40-26-17-20(5-8-23(26)29)33-13-2-14-33;1-30(2,3)19-6-9-22(29(33)34)25(16-19)28-23-10-7-20(31-12-4-13-31)17-26(23)35-27-18-21(8-11-24(27)28)32-14-5-15-32;1-3-19-16-31(17-19)21-9-11-25-27(13-21)34-26-12-20(30-14-18(2)15-30)8-10-24(26)28(25)22-6-4-5-7-23(22)29(32)33;29-26(30)20-6-2-1-5-19(20)25-21-9-7-17(27-11-3-12-27)15-23(21)31-24-16-18(8-10-22(24)25)28-13-4-14-28;3*2-1-3/h3-8,15-17H,1-2,9-14H2;6-11,16-18H,4-5,12-15H2,1-3H3;4-13,18-19H,3,14-17H2,1-2H3;1-2,5-10,15-16H,3-4,11-14H2;;;. The molecule has 13 heterocycles. The van der Waals surface area contributed by atoms with E-state index >= 15 is 0 Å². The monoisotopic (exact) mass is 2010 g/mol. The Kier molecular flexibility index (Phi) is 29.1. The zero-order chi connectivity index (χ0) is 105. The number of aromatic carboxylic acids is 4. The number of amides is 2. The molecule has 8 aromatic carbocycles. The molecular formula is C119H105N9O22. The SMILES string of the molecule is CC(C)(C)c1ccc(C(=O)[O-])c(-c2c3ccc(=[N+]4CCC4)cc-3oc3cc(N4CCC4)ccc23)c1.CCC1CN(c2ccc3c(-c4ccccc4C(=O)[O-])c4ccc(=[N+]5CC(C)C5)cc-4oc3c2)C1.O=C(ON1C(=O)CCC1=O)c1ccc(C(=O)[O-])c(-c2c3ccc(=[N+]4CCC4)cc-3oc3cc(N4CCC4)ccc23)c1.O=C([O-])c1ccccc1-c1c2ccc(=[N+]3CCC3)cc-2oc2cc(N3CCC3)ccc12.O=C=O.O=C=O.O=C=O. The zero-order valence-corrected chi connectivity index (χ0v) is 83.3. The lowest BCUT2D eigenvalue weighted by molar-refractivity contribution is -0.256. The van der Waals surface area contributed by atoms with Crippen molar-refractivity contribution in [3.8, 4) is 89.8 Å². The number of carbonyl (C=O) groups excluding carboxylic acids is 13. The average molecular weight is 2010 g/mol. The lowest BCUT2D eigenvalue weighted by Gasteiger charge is -2.40. The third kappa shape index (κ3) is 20.4. The van der Waals surface area contributed by atoms with Crippen LogP contribution in [-0.4, -0.2) is 170 Å². The van der Waals surface area contributed by atoms with Crippen LogP contribution in [0.25, 0.3) is 134 Å². The molecule has 0 N–H and O–H groups in total. The molecule has 0 atom stereocenters. The Morgan fingerprint density at radius 1 is 0.360 bits per heavy atom. The number of rotatable bonds is 15. The van der Waals surface area contributed by atoms with Gasteiger partial charge in [-0.1, -0.05) is 101 Å². The van der Waals surface area contributed by atoms with Gasteiger partial charge in [0.15, 0.2) is 13.1 Å². The van der Waals surface area contributed by atoms with E-state index in [1.54, 1.807) is 30.3 Å². The van der Waals surface area contributed by atoms with Crippen LogP contribution in [0.4, 0.5) is 22.7 Å². The van der Waals surface area contributed by atoms with Gasteiger partial charge in [0.2, 0.25) is 21.4 Å². The Labute approximate surface area is 859 Å². The van der Waals surface area contributed by atoms with Crippen molar-refractivity contribution in [2.45, 2.75) is 97.8 Å². The third-order valence-electron chi connectivity index (χ3n) is 29.5. The fourth-order valence-electron chi connectivity index (χ4n) is 20.6. The summed E-state index contributed by atoms with van der Waals surface area (Å²) in [7, 11) is 0. The molecule has 150 heavy (non-hydrogen) atoms. The van der Waals surface area contributed by atoms with E-state index in [9.17, 15) is 54.0 Å². The van der Waals surface area contributed by atoms with Crippen LogP contribution in [0.3, 0.4) is 0 Å². The molecule has 758 valence electrons. The van der Waals surface area contributed by atoms with Crippen LogP contribution in [-0.2, 0) is 48.6 Å². The van der Waals surface area contributed by atoms with E-state index in [0.717, 1.165) is 257 Å². The molecule has 0 saturated carbocycles. The summed E-state index contributed by atoms with van der Waals surface area (Å²) in [5.41, 5.74) is 17.5. The van der Waals surface area contributed by atoms with Crippen LogP contribution in [0.1, 0.15) is 150 Å². The van der Waals surface area contributed by atoms with Gasteiger partial charge >= 0.3 is 24.4 Å². The van der Waals surface area contributed by atoms with E-state index in [1.807, 2.05) is 72.8 Å². The van der Waals surface area contributed by atoms with E-state index in [-0.39, 0.29) is 70.1 Å². The van der Waals surface area contributed by atoms with Gasteiger partial charge in [0.1, 0.15) is 84.6 Å². The van der Waals surface area contributed by atoms with Crippen molar-refractivity contribution in [1.82, 2.24) is 23.4 Å². The van der Waals surface area contributed by atoms with Crippen molar-refractivity contribution in [1.29, 1.82) is 0 Å². The van der Waals surface area contributed by atoms with Crippen LogP contribution in [0.2, 0.25) is 0 Å². The number of carboxylic acids is 4. The number of nitrogens with zero attached hydrogens (tertiary/aromatic N) is 9. The van der Waals surface area contributed by atoms with Gasteiger partial charge in [0.05, 0.1) is 78.9 Å². The summed E-state index contributed by atoms with van der Waals surface area (Å²) in [6.07, 6.45) is 8.91. The molecule has 9 saturated heterocycles. The number of anilines is 4. The summed E-state index contributed by atoms with van der Waals surface area (Å²) in [5, 5.41) is 56.8. The third-order valence-corrected chi connectivity index (χ3v) is 29.5. The van der Waals surface area contributed by atoms with E-state index in [1.165, 1.54) is 50.3 Å². The molecule has 8 aromatic rings. The maximum atomic E-state index is 13.0. The van der Waals surface area contributed by atoms with Gasteiger partial charge in [-0.3, -0.25) is 9.59 Å². The van der Waals surface area contributed by atoms with Crippen molar-refractivity contribution in [3.63, 3.8) is 0 Å². The van der Waals surface area contributed by atoms with Gasteiger partial charge < -0.3 is 81.7 Å². The fourth-order valence-corrected chi connectivity index (χ4v) is 20.6. The first kappa shape index (κ1) is 101. The van der Waals surface area contributed by atoms with Gasteiger partial charge in [-0.15, -0.1) is 5.06 Å². The van der Waals surface area contributed by atoms with Gasteiger partial charge in [-0.2, -0.15) is 28.8 Å². The highest BCUT2D eigenvalue weighted by atomic mass is 16.7. The largest absolute Gasteiger partial charge is 0.545 e. The Bertz CT molecular complexity index is 8360. The highest BCUT2D eigenvalue weighted by molar-refractivity contribution is 6.13. The van der Waals surface area contributed by atoms with Crippen molar-refractivity contribution in [2.24, 2.45) is 11.8 Å². The molecule has 0 unspecified atom stereocenters. The summed E-state index contributed by atoms with van der Waals surface area (Å²) in [6.45, 7) is 27.3. The summed E-state index contributed by atoms with van der Waals surface area (Å²) in [5.74, 6) is -2.78. The van der Waals surface area contributed by atoms with Crippen LogP contribution in [0.5, 0.6) is 0 Å². The molecule has 0 radical (unpaired) electrons. The maximum absolute atomic E-state index is 13.0. The van der Waals surface area contributed by atoms with Gasteiger partial charge in [0.25, 0.3) is 11.8 Å². The summed E-state index contributed by atoms with van der Waals surface area (Å²) in [6, 6.07) is 73.0. The van der Waals surface area contributed by atoms with Crippen molar-refractivity contribution >= 4 is 127 Å². The lowest BCUT2D eigenvalue weighted by atomic mass is 9.82. The first-order valence-electron chi connectivity index (χ1n) is 50.4. The summed E-state index contributed by atoms with van der Waals surface area (Å²) < 4.78 is 35.1. The number of carboxylic acid groups (broad SMARTS) is 4. The normalized spacial score (nSPS) is 15.8. The molecule has 13 aliphatic heterocycles. The topological polar surface area (TPSA) is 404 Å². The van der Waals surface area contributed by atoms with E-state index < -0.39 is 41.7 Å². The molecule has 9 fully saturated rings.